The molecule has 2 amide bonds. The molecule has 4 nitrogen and oxygen atoms in total. The molecule has 2 saturated carbocycles. The number of ether oxygens (including phenoxy) is 1. The molecule has 1 N–H and O–H groups in total. The van der Waals surface area contributed by atoms with E-state index in [9.17, 15) is 4.79 Å². The highest BCUT2D eigenvalue weighted by atomic mass is 16.5. The van der Waals surface area contributed by atoms with Gasteiger partial charge >= 0.3 is 6.03 Å². The number of carbonyl (C=O) groups excluding carboxylic acids is 1. The Morgan fingerprint density at radius 3 is 2.62 bits per heavy atom. The molecule has 2 aliphatic carbocycles. The predicted octanol–water partition coefficient (Wildman–Crippen LogP) is 3.95. The third-order valence-corrected chi connectivity index (χ3v) is 5.66. The van der Waals surface area contributed by atoms with Gasteiger partial charge in [-0.2, -0.15) is 0 Å². The van der Waals surface area contributed by atoms with Gasteiger partial charge in [0.25, 0.3) is 0 Å². The van der Waals surface area contributed by atoms with E-state index in [-0.39, 0.29) is 11.4 Å². The fourth-order valence-corrected chi connectivity index (χ4v) is 4.00. The van der Waals surface area contributed by atoms with Crippen molar-refractivity contribution in [3.8, 4) is 5.75 Å². The summed E-state index contributed by atoms with van der Waals surface area (Å²) in [5.74, 6) is 1.67. The average molecular weight is 330 g/mol. The fraction of sp³-hybridized carbons (Fsp3) is 0.650. The maximum atomic E-state index is 12.6. The summed E-state index contributed by atoms with van der Waals surface area (Å²) in [6.45, 7) is 4.45. The first-order valence-corrected chi connectivity index (χ1v) is 9.35. The Morgan fingerprint density at radius 2 is 2.00 bits per heavy atom. The van der Waals surface area contributed by atoms with Crippen molar-refractivity contribution in [2.75, 3.05) is 26.7 Å². The van der Waals surface area contributed by atoms with Gasteiger partial charge in [-0.15, -0.1) is 0 Å². The highest BCUT2D eigenvalue weighted by Crippen LogP contribution is 2.44. The fourth-order valence-electron chi connectivity index (χ4n) is 4.00. The summed E-state index contributed by atoms with van der Waals surface area (Å²) in [7, 11) is 1.73. The molecule has 3 rings (SSSR count). The van der Waals surface area contributed by atoms with Gasteiger partial charge in [-0.05, 0) is 44.6 Å². The van der Waals surface area contributed by atoms with Crippen LogP contribution >= 0.6 is 0 Å². The van der Waals surface area contributed by atoms with Gasteiger partial charge in [0.1, 0.15) is 5.75 Å². The molecule has 0 spiro atoms. The van der Waals surface area contributed by atoms with Crippen molar-refractivity contribution in [2.45, 2.75) is 50.9 Å². The molecule has 2 aliphatic rings. The van der Waals surface area contributed by atoms with E-state index >= 15 is 0 Å². The molecule has 0 heterocycles. The van der Waals surface area contributed by atoms with Crippen molar-refractivity contribution in [2.24, 2.45) is 5.92 Å². The third kappa shape index (κ3) is 3.68. The first-order valence-electron chi connectivity index (χ1n) is 9.35. The minimum absolute atomic E-state index is 0.0151. The number of amides is 2. The first kappa shape index (κ1) is 17.1. The van der Waals surface area contributed by atoms with Crippen LogP contribution in [-0.2, 0) is 5.41 Å². The largest absolute Gasteiger partial charge is 0.496 e. The molecule has 0 atom stereocenters. The summed E-state index contributed by atoms with van der Waals surface area (Å²) >= 11 is 0. The molecule has 4 heteroatoms. The van der Waals surface area contributed by atoms with Crippen molar-refractivity contribution in [1.82, 2.24) is 10.2 Å². The number of rotatable bonds is 7. The number of carbonyl (C=O) groups is 1. The third-order valence-electron chi connectivity index (χ3n) is 5.66. The summed E-state index contributed by atoms with van der Waals surface area (Å²) in [5, 5.41) is 3.23. The van der Waals surface area contributed by atoms with Gasteiger partial charge in [-0.1, -0.05) is 31.0 Å². The second-order valence-corrected chi connectivity index (χ2v) is 7.33. The maximum Gasteiger partial charge on any atom is 0.317 e. The van der Waals surface area contributed by atoms with Crippen LogP contribution in [0.25, 0.3) is 0 Å². The summed E-state index contributed by atoms with van der Waals surface area (Å²) in [4.78, 5) is 14.6. The van der Waals surface area contributed by atoms with Crippen LogP contribution in [0.5, 0.6) is 5.75 Å². The van der Waals surface area contributed by atoms with E-state index in [4.69, 9.17) is 4.74 Å². The zero-order chi connectivity index (χ0) is 17.0. The topological polar surface area (TPSA) is 41.6 Å². The molecule has 1 aromatic rings. The second kappa shape index (κ2) is 7.45. The Hall–Kier alpha value is -1.71. The minimum atomic E-state index is 0.0151. The Balaban J connectivity index is 1.70. The normalized spacial score (nSPS) is 19.1. The highest BCUT2D eigenvalue weighted by Gasteiger charge is 2.38. The molecular formula is C20H30N2O2. The van der Waals surface area contributed by atoms with Gasteiger partial charge in [-0.25, -0.2) is 4.79 Å². The minimum Gasteiger partial charge on any atom is -0.496 e. The van der Waals surface area contributed by atoms with E-state index in [0.29, 0.717) is 6.54 Å². The standard InChI is InChI=1S/C20H30N2O2/c1-3-22(14-16-10-11-16)19(23)21-15-20(12-6-7-13-20)17-8-4-5-9-18(17)24-2/h4-5,8-9,16H,3,6-7,10-15H2,1-2H3,(H,21,23). The maximum absolute atomic E-state index is 12.6. The van der Waals surface area contributed by atoms with E-state index in [1.807, 2.05) is 17.0 Å². The number of urea groups is 1. The molecule has 0 saturated heterocycles. The monoisotopic (exact) mass is 330 g/mol. The van der Waals surface area contributed by atoms with Gasteiger partial charge < -0.3 is 15.0 Å². The van der Waals surface area contributed by atoms with Crippen LogP contribution in [0.15, 0.2) is 24.3 Å². The molecule has 0 aromatic heterocycles. The lowest BCUT2D eigenvalue weighted by Gasteiger charge is -2.32. The van der Waals surface area contributed by atoms with E-state index in [1.165, 1.54) is 31.2 Å². The van der Waals surface area contributed by atoms with Crippen molar-refractivity contribution >= 4 is 6.03 Å². The van der Waals surface area contributed by atoms with Crippen LogP contribution in [0.4, 0.5) is 4.79 Å². The Bertz CT molecular complexity index is 563. The number of nitrogens with zero attached hydrogens (tertiary/aromatic N) is 1. The number of nitrogens with one attached hydrogen (secondary N) is 1. The van der Waals surface area contributed by atoms with Gasteiger partial charge in [0.15, 0.2) is 0 Å². The first-order chi connectivity index (χ1) is 11.7. The number of benzene rings is 1. The van der Waals surface area contributed by atoms with E-state index < -0.39 is 0 Å². The molecule has 0 bridgehead atoms. The zero-order valence-corrected chi connectivity index (χ0v) is 15.0. The molecule has 2 fully saturated rings. The van der Waals surface area contributed by atoms with Gasteiger partial charge in [0.2, 0.25) is 0 Å². The smallest absolute Gasteiger partial charge is 0.317 e. The summed E-state index contributed by atoms with van der Waals surface area (Å²) in [6, 6.07) is 8.37. The van der Waals surface area contributed by atoms with Crippen LogP contribution in [-0.4, -0.2) is 37.7 Å². The van der Waals surface area contributed by atoms with Crippen molar-refractivity contribution in [3.05, 3.63) is 29.8 Å². The molecule has 0 unspecified atom stereocenters. The summed E-state index contributed by atoms with van der Waals surface area (Å²) in [6.07, 6.45) is 7.20. The molecule has 132 valence electrons. The lowest BCUT2D eigenvalue weighted by molar-refractivity contribution is 0.194. The van der Waals surface area contributed by atoms with Crippen LogP contribution < -0.4 is 10.1 Å². The van der Waals surface area contributed by atoms with Crippen molar-refractivity contribution in [3.63, 3.8) is 0 Å². The van der Waals surface area contributed by atoms with Gasteiger partial charge in [-0.3, -0.25) is 0 Å². The highest BCUT2D eigenvalue weighted by molar-refractivity contribution is 5.74. The Labute approximate surface area is 145 Å². The number of methoxy groups -OCH3 is 1. The molecule has 0 radical (unpaired) electrons. The summed E-state index contributed by atoms with van der Waals surface area (Å²) < 4.78 is 5.60. The van der Waals surface area contributed by atoms with Crippen molar-refractivity contribution < 1.29 is 9.53 Å². The van der Waals surface area contributed by atoms with E-state index in [1.54, 1.807) is 7.11 Å². The number of hydrogen-bond acceptors (Lipinski definition) is 2. The van der Waals surface area contributed by atoms with Crippen LogP contribution in [0.3, 0.4) is 0 Å². The SMILES string of the molecule is CCN(CC1CC1)C(=O)NCC1(c2ccccc2OC)CCCC1. The molecular weight excluding hydrogens is 300 g/mol. The number of hydrogen-bond donors (Lipinski definition) is 1. The Kier molecular flexibility index (Phi) is 5.32. The van der Waals surface area contributed by atoms with Crippen molar-refractivity contribution in [1.29, 1.82) is 0 Å². The molecule has 24 heavy (non-hydrogen) atoms. The average Bonchev–Trinajstić information content (AvgIpc) is 3.32. The summed E-state index contributed by atoms with van der Waals surface area (Å²) in [5.41, 5.74) is 1.26. The predicted molar refractivity (Wildman–Crippen MR) is 96.5 cm³/mol. The Morgan fingerprint density at radius 1 is 1.29 bits per heavy atom. The lowest BCUT2D eigenvalue weighted by Crippen LogP contribution is -2.46. The van der Waals surface area contributed by atoms with E-state index in [0.717, 1.165) is 37.6 Å². The van der Waals surface area contributed by atoms with Gasteiger partial charge in [0.05, 0.1) is 7.11 Å². The van der Waals surface area contributed by atoms with Crippen LogP contribution in [0, 0.1) is 5.92 Å². The molecule has 0 aliphatic heterocycles. The lowest BCUT2D eigenvalue weighted by atomic mass is 9.78. The zero-order valence-electron chi connectivity index (χ0n) is 15.0. The second-order valence-electron chi connectivity index (χ2n) is 7.33. The van der Waals surface area contributed by atoms with Crippen LogP contribution in [0.2, 0.25) is 0 Å². The van der Waals surface area contributed by atoms with E-state index in [2.05, 4.69) is 24.4 Å². The van der Waals surface area contributed by atoms with Crippen LogP contribution in [0.1, 0.15) is 51.0 Å². The molecule has 1 aromatic carbocycles. The number of para-hydroxylation sites is 1. The van der Waals surface area contributed by atoms with Gasteiger partial charge in [0, 0.05) is 30.6 Å². The quantitative estimate of drug-likeness (QED) is 0.822.